The molecule has 28 heavy (non-hydrogen) atoms. The summed E-state index contributed by atoms with van der Waals surface area (Å²) >= 11 is 0. The van der Waals surface area contributed by atoms with Crippen LogP contribution in [0.4, 0.5) is 0 Å². The Bertz CT molecular complexity index is 993. The molecule has 1 atom stereocenters. The number of hydrogen-bond acceptors (Lipinski definition) is 4. The molecular weight excluding hydrogens is 350 g/mol. The third-order valence-corrected chi connectivity index (χ3v) is 4.99. The molecule has 2 aromatic carbocycles. The summed E-state index contributed by atoms with van der Waals surface area (Å²) in [5.41, 5.74) is 3.37. The van der Waals surface area contributed by atoms with Crippen LogP contribution in [0.15, 0.2) is 42.5 Å². The zero-order valence-electron chi connectivity index (χ0n) is 16.4. The number of nitriles is 1. The lowest BCUT2D eigenvalue weighted by atomic mass is 10.0. The van der Waals surface area contributed by atoms with Crippen molar-refractivity contribution in [3.8, 4) is 23.1 Å². The van der Waals surface area contributed by atoms with Gasteiger partial charge in [-0.05, 0) is 61.6 Å². The Morgan fingerprint density at radius 2 is 2.04 bits per heavy atom. The molecule has 1 aromatic heterocycles. The van der Waals surface area contributed by atoms with Gasteiger partial charge in [-0.1, -0.05) is 19.9 Å². The van der Waals surface area contributed by atoms with Crippen molar-refractivity contribution in [2.75, 3.05) is 13.2 Å². The summed E-state index contributed by atoms with van der Waals surface area (Å²) in [4.78, 5) is 0. The monoisotopic (exact) mass is 375 g/mol. The zero-order chi connectivity index (χ0) is 19.5. The van der Waals surface area contributed by atoms with Gasteiger partial charge in [0.15, 0.2) is 6.23 Å². The highest BCUT2D eigenvalue weighted by Gasteiger charge is 2.23. The number of benzene rings is 2. The van der Waals surface area contributed by atoms with Crippen LogP contribution in [-0.2, 0) is 4.74 Å². The summed E-state index contributed by atoms with van der Waals surface area (Å²) < 4.78 is 13.7. The fourth-order valence-electron chi connectivity index (χ4n) is 3.59. The maximum absolute atomic E-state index is 9.65. The van der Waals surface area contributed by atoms with E-state index >= 15 is 0 Å². The smallest absolute Gasteiger partial charge is 0.150 e. The number of ether oxygens (including phenoxy) is 2. The Kier molecular flexibility index (Phi) is 5.31. The fraction of sp³-hybridized carbons (Fsp3) is 0.391. The van der Waals surface area contributed by atoms with Gasteiger partial charge >= 0.3 is 0 Å². The Labute approximate surface area is 165 Å². The molecule has 1 aliphatic heterocycles. The molecule has 1 saturated heterocycles. The molecular formula is C23H25N3O2. The molecule has 0 aliphatic carbocycles. The van der Waals surface area contributed by atoms with E-state index in [1.54, 1.807) is 0 Å². The molecule has 0 radical (unpaired) electrons. The molecule has 4 rings (SSSR count). The van der Waals surface area contributed by atoms with E-state index in [1.165, 1.54) is 0 Å². The molecule has 2 heterocycles. The van der Waals surface area contributed by atoms with Crippen LogP contribution in [0.25, 0.3) is 22.2 Å². The molecule has 5 heteroatoms. The van der Waals surface area contributed by atoms with Gasteiger partial charge in [0.25, 0.3) is 0 Å². The lowest BCUT2D eigenvalue weighted by Crippen LogP contribution is -2.19. The third kappa shape index (κ3) is 3.61. The first kappa shape index (κ1) is 18.5. The normalized spacial score (nSPS) is 17.0. The number of hydrogen-bond donors (Lipinski definition) is 0. The maximum Gasteiger partial charge on any atom is 0.150 e. The van der Waals surface area contributed by atoms with Gasteiger partial charge in [0.05, 0.1) is 23.8 Å². The summed E-state index contributed by atoms with van der Waals surface area (Å²) in [5, 5.41) is 15.4. The molecule has 1 unspecified atom stereocenters. The topological polar surface area (TPSA) is 60.1 Å². The average Bonchev–Trinajstić information content (AvgIpc) is 3.13. The molecule has 1 fully saturated rings. The highest BCUT2D eigenvalue weighted by molar-refractivity contribution is 5.97. The standard InChI is InChI=1S/C23H25N3O2/c1-16(2)15-28-19-11-9-17(10-12-19)23-22-18(14-24)6-5-7-20(22)26(25-23)21-8-3-4-13-27-21/h5-7,9-12,16,21H,3-4,8,13,15H2,1-2H3. The Balaban J connectivity index is 1.77. The summed E-state index contributed by atoms with van der Waals surface area (Å²) in [7, 11) is 0. The minimum absolute atomic E-state index is 0.0763. The van der Waals surface area contributed by atoms with Gasteiger partial charge in [0.1, 0.15) is 11.4 Å². The molecule has 1 aliphatic rings. The minimum atomic E-state index is -0.0763. The second-order valence-electron chi connectivity index (χ2n) is 7.66. The second-order valence-corrected chi connectivity index (χ2v) is 7.66. The van der Waals surface area contributed by atoms with Crippen LogP contribution in [0.3, 0.4) is 0 Å². The summed E-state index contributed by atoms with van der Waals surface area (Å²) in [6, 6.07) is 16.1. The molecule has 0 saturated carbocycles. The van der Waals surface area contributed by atoms with Gasteiger partial charge in [-0.15, -0.1) is 0 Å². The van der Waals surface area contributed by atoms with Crippen LogP contribution < -0.4 is 4.74 Å². The molecule has 5 nitrogen and oxygen atoms in total. The predicted molar refractivity (Wildman–Crippen MR) is 109 cm³/mol. The molecule has 3 aromatic rings. The van der Waals surface area contributed by atoms with E-state index in [4.69, 9.17) is 14.6 Å². The predicted octanol–water partition coefficient (Wildman–Crippen LogP) is 5.31. The highest BCUT2D eigenvalue weighted by Crippen LogP contribution is 2.35. The summed E-state index contributed by atoms with van der Waals surface area (Å²) in [6.45, 7) is 5.70. The SMILES string of the molecule is CC(C)COc1ccc(-c2nn(C3CCCCO3)c3cccc(C#N)c23)cc1. The van der Waals surface area contributed by atoms with Crippen molar-refractivity contribution >= 4 is 10.9 Å². The number of fused-ring (bicyclic) bond motifs is 1. The lowest BCUT2D eigenvalue weighted by Gasteiger charge is -2.23. The fourth-order valence-corrected chi connectivity index (χ4v) is 3.59. The van der Waals surface area contributed by atoms with Crippen LogP contribution in [-0.4, -0.2) is 23.0 Å². The Morgan fingerprint density at radius 3 is 2.71 bits per heavy atom. The van der Waals surface area contributed by atoms with Crippen LogP contribution in [0.5, 0.6) is 5.75 Å². The summed E-state index contributed by atoms with van der Waals surface area (Å²) in [6.07, 6.45) is 3.08. The molecule has 0 spiro atoms. The summed E-state index contributed by atoms with van der Waals surface area (Å²) in [5.74, 6) is 1.32. The van der Waals surface area contributed by atoms with E-state index in [0.717, 1.165) is 53.8 Å². The van der Waals surface area contributed by atoms with E-state index in [1.807, 2.05) is 47.1 Å². The first-order valence-electron chi connectivity index (χ1n) is 9.93. The largest absolute Gasteiger partial charge is 0.493 e. The van der Waals surface area contributed by atoms with E-state index in [0.29, 0.717) is 18.1 Å². The van der Waals surface area contributed by atoms with Gasteiger partial charge < -0.3 is 9.47 Å². The zero-order valence-corrected chi connectivity index (χ0v) is 16.4. The van der Waals surface area contributed by atoms with Gasteiger partial charge in [0, 0.05) is 17.6 Å². The quantitative estimate of drug-likeness (QED) is 0.606. The van der Waals surface area contributed by atoms with Crippen LogP contribution >= 0.6 is 0 Å². The van der Waals surface area contributed by atoms with Gasteiger partial charge in [-0.2, -0.15) is 10.4 Å². The molecule has 0 amide bonds. The van der Waals surface area contributed by atoms with Crippen molar-refractivity contribution in [1.29, 1.82) is 5.26 Å². The van der Waals surface area contributed by atoms with Crippen molar-refractivity contribution in [1.82, 2.24) is 9.78 Å². The van der Waals surface area contributed by atoms with E-state index in [9.17, 15) is 5.26 Å². The third-order valence-electron chi connectivity index (χ3n) is 4.99. The highest BCUT2D eigenvalue weighted by atomic mass is 16.5. The van der Waals surface area contributed by atoms with E-state index in [2.05, 4.69) is 19.9 Å². The minimum Gasteiger partial charge on any atom is -0.493 e. The molecule has 0 bridgehead atoms. The van der Waals surface area contributed by atoms with Gasteiger partial charge in [-0.25, -0.2) is 4.68 Å². The van der Waals surface area contributed by atoms with Crippen molar-refractivity contribution in [3.05, 3.63) is 48.0 Å². The van der Waals surface area contributed by atoms with Crippen LogP contribution in [0.1, 0.15) is 44.9 Å². The Morgan fingerprint density at radius 1 is 1.21 bits per heavy atom. The van der Waals surface area contributed by atoms with Crippen LogP contribution in [0.2, 0.25) is 0 Å². The van der Waals surface area contributed by atoms with Crippen molar-refractivity contribution in [2.45, 2.75) is 39.3 Å². The molecule has 0 N–H and O–H groups in total. The number of rotatable bonds is 5. The van der Waals surface area contributed by atoms with Crippen LogP contribution in [0, 0.1) is 17.2 Å². The first-order chi connectivity index (χ1) is 13.7. The average molecular weight is 375 g/mol. The first-order valence-corrected chi connectivity index (χ1v) is 9.93. The van der Waals surface area contributed by atoms with E-state index in [-0.39, 0.29) is 6.23 Å². The number of aromatic nitrogens is 2. The lowest BCUT2D eigenvalue weighted by molar-refractivity contribution is -0.0365. The van der Waals surface area contributed by atoms with Crippen molar-refractivity contribution in [3.63, 3.8) is 0 Å². The Hall–Kier alpha value is -2.84. The van der Waals surface area contributed by atoms with Gasteiger partial charge in [0.2, 0.25) is 0 Å². The number of nitrogens with zero attached hydrogens (tertiary/aromatic N) is 3. The van der Waals surface area contributed by atoms with E-state index < -0.39 is 0 Å². The maximum atomic E-state index is 9.65. The molecule has 144 valence electrons. The second kappa shape index (κ2) is 8.04. The van der Waals surface area contributed by atoms with Gasteiger partial charge in [-0.3, -0.25) is 0 Å². The van der Waals surface area contributed by atoms with Crippen molar-refractivity contribution < 1.29 is 9.47 Å². The van der Waals surface area contributed by atoms with Crippen molar-refractivity contribution in [2.24, 2.45) is 5.92 Å².